The van der Waals surface area contributed by atoms with Crippen molar-refractivity contribution in [2.75, 3.05) is 6.61 Å². The fraction of sp³-hybridized carbons (Fsp3) is 0.400. The third-order valence-corrected chi connectivity index (χ3v) is 4.62. The molecule has 2 nitrogen and oxygen atoms in total. The van der Waals surface area contributed by atoms with E-state index < -0.39 is 29.1 Å². The molecule has 1 aliphatic rings. The molecule has 2 aromatic carbocycles. The number of ether oxygens (including phenoxy) is 2. The molecule has 0 saturated carbocycles. The van der Waals surface area contributed by atoms with Gasteiger partial charge < -0.3 is 9.47 Å². The summed E-state index contributed by atoms with van der Waals surface area (Å²) < 4.78 is 66.0. The molecule has 0 spiro atoms. The third-order valence-electron chi connectivity index (χ3n) is 4.62. The van der Waals surface area contributed by atoms with Crippen LogP contribution in [0.5, 0.6) is 5.75 Å². The van der Waals surface area contributed by atoms with Crippen LogP contribution in [0, 0.1) is 24.5 Å². The topological polar surface area (TPSA) is 18.5 Å². The van der Waals surface area contributed by atoms with Gasteiger partial charge in [0.2, 0.25) is 0 Å². The van der Waals surface area contributed by atoms with Crippen molar-refractivity contribution in [2.24, 2.45) is 5.92 Å². The molecule has 2 atom stereocenters. The van der Waals surface area contributed by atoms with E-state index in [0.717, 1.165) is 30.5 Å². The van der Waals surface area contributed by atoms with Gasteiger partial charge in [0, 0.05) is 24.3 Å². The molecule has 3 rings (SSSR count). The lowest BCUT2D eigenvalue weighted by molar-refractivity contribution is -0.185. The molecule has 1 saturated heterocycles. The summed E-state index contributed by atoms with van der Waals surface area (Å²) in [5.41, 5.74) is 0.183. The van der Waals surface area contributed by atoms with Crippen molar-refractivity contribution in [2.45, 2.75) is 38.9 Å². The summed E-state index contributed by atoms with van der Waals surface area (Å²) in [6.45, 7) is 3.98. The first-order chi connectivity index (χ1) is 12.3. The third kappa shape index (κ3) is 4.01. The molecule has 0 amide bonds. The summed E-state index contributed by atoms with van der Waals surface area (Å²) in [6.07, 6.45) is -1.95. The fourth-order valence-corrected chi connectivity index (χ4v) is 2.93. The van der Waals surface area contributed by atoms with Gasteiger partial charge in [0.05, 0.1) is 11.7 Å². The van der Waals surface area contributed by atoms with Crippen molar-refractivity contribution in [1.29, 1.82) is 0 Å². The number of hydrogen-bond donors (Lipinski definition) is 0. The van der Waals surface area contributed by atoms with Crippen LogP contribution in [0.2, 0.25) is 0 Å². The predicted molar refractivity (Wildman–Crippen MR) is 89.2 cm³/mol. The summed E-state index contributed by atoms with van der Waals surface area (Å²) >= 11 is 0. The second-order valence-corrected chi connectivity index (χ2v) is 6.76. The molecule has 0 aromatic heterocycles. The average Bonchev–Trinajstić information content (AvgIpc) is 2.60. The maximum atomic E-state index is 14.3. The van der Waals surface area contributed by atoms with E-state index in [4.69, 9.17) is 4.74 Å². The smallest absolute Gasteiger partial charge is 0.426 e. The first-order valence-corrected chi connectivity index (χ1v) is 8.51. The van der Waals surface area contributed by atoms with Crippen molar-refractivity contribution in [1.82, 2.24) is 0 Å². The molecular weight excluding hydrogens is 348 g/mol. The van der Waals surface area contributed by atoms with Crippen molar-refractivity contribution in [3.63, 3.8) is 0 Å². The normalized spacial score (nSPS) is 20.8. The Morgan fingerprint density at radius 3 is 2.19 bits per heavy atom. The summed E-state index contributed by atoms with van der Waals surface area (Å²) in [7, 11) is 0. The predicted octanol–water partition coefficient (Wildman–Crippen LogP) is 5.89. The van der Waals surface area contributed by atoms with Crippen LogP contribution in [-0.2, 0) is 10.8 Å². The summed E-state index contributed by atoms with van der Waals surface area (Å²) in [5, 5.41) is 0. The van der Waals surface area contributed by atoms with Gasteiger partial charge in [-0.05, 0) is 43.4 Å². The van der Waals surface area contributed by atoms with Crippen LogP contribution in [0.25, 0.3) is 0 Å². The monoisotopic (exact) mass is 368 g/mol. The number of hydrogen-bond acceptors (Lipinski definition) is 2. The van der Waals surface area contributed by atoms with Crippen LogP contribution >= 0.6 is 0 Å². The van der Waals surface area contributed by atoms with E-state index in [1.54, 1.807) is 12.1 Å². The maximum absolute atomic E-state index is 14.3. The van der Waals surface area contributed by atoms with Crippen LogP contribution in [-0.4, -0.2) is 6.61 Å². The molecule has 0 bridgehead atoms. The average molecular weight is 368 g/mol. The molecule has 26 heavy (non-hydrogen) atoms. The molecule has 0 aliphatic carbocycles. The van der Waals surface area contributed by atoms with Crippen LogP contribution in [0.1, 0.15) is 42.6 Å². The Morgan fingerprint density at radius 1 is 1.04 bits per heavy atom. The number of alkyl halides is 2. The van der Waals surface area contributed by atoms with Gasteiger partial charge in [0.1, 0.15) is 17.4 Å². The molecule has 140 valence electrons. The molecular formula is C20H20F4O2. The summed E-state index contributed by atoms with van der Waals surface area (Å²) in [5.74, 6) is -1.94. The largest absolute Gasteiger partial charge is 0.429 e. The van der Waals surface area contributed by atoms with E-state index in [-0.39, 0.29) is 11.7 Å². The molecule has 0 radical (unpaired) electrons. The second kappa shape index (κ2) is 7.27. The lowest BCUT2D eigenvalue weighted by Crippen LogP contribution is -2.22. The van der Waals surface area contributed by atoms with E-state index in [1.165, 1.54) is 19.1 Å². The quantitative estimate of drug-likeness (QED) is 0.627. The Morgan fingerprint density at radius 2 is 1.65 bits per heavy atom. The highest BCUT2D eigenvalue weighted by atomic mass is 19.3. The molecule has 2 aromatic rings. The lowest BCUT2D eigenvalue weighted by Gasteiger charge is -2.27. The van der Waals surface area contributed by atoms with Gasteiger partial charge in [-0.1, -0.05) is 19.1 Å². The molecule has 1 fully saturated rings. The molecule has 1 heterocycles. The first kappa shape index (κ1) is 18.7. The minimum Gasteiger partial charge on any atom is -0.429 e. The Balaban J connectivity index is 1.75. The zero-order chi connectivity index (χ0) is 18.9. The van der Waals surface area contributed by atoms with E-state index in [9.17, 15) is 17.6 Å². The van der Waals surface area contributed by atoms with Crippen molar-refractivity contribution < 1.29 is 27.0 Å². The van der Waals surface area contributed by atoms with Gasteiger partial charge in [-0.15, -0.1) is 0 Å². The van der Waals surface area contributed by atoms with E-state index in [0.29, 0.717) is 12.5 Å². The second-order valence-electron chi connectivity index (χ2n) is 6.76. The highest BCUT2D eigenvalue weighted by Crippen LogP contribution is 2.35. The van der Waals surface area contributed by atoms with Crippen molar-refractivity contribution in [3.05, 3.63) is 64.7 Å². The Hall–Kier alpha value is -2.08. The van der Waals surface area contributed by atoms with Crippen LogP contribution in [0.15, 0.2) is 36.4 Å². The van der Waals surface area contributed by atoms with Crippen molar-refractivity contribution in [3.8, 4) is 5.75 Å². The highest BCUT2D eigenvalue weighted by molar-refractivity contribution is 5.32. The Labute approximate surface area is 149 Å². The van der Waals surface area contributed by atoms with Gasteiger partial charge in [0.25, 0.3) is 0 Å². The highest BCUT2D eigenvalue weighted by Gasteiger charge is 2.35. The lowest BCUT2D eigenvalue weighted by atomic mass is 9.95. The Bertz CT molecular complexity index is 743. The van der Waals surface area contributed by atoms with E-state index in [2.05, 4.69) is 11.7 Å². The van der Waals surface area contributed by atoms with Gasteiger partial charge in [-0.25, -0.2) is 8.78 Å². The van der Waals surface area contributed by atoms with Gasteiger partial charge in [-0.3, -0.25) is 0 Å². The first-order valence-electron chi connectivity index (χ1n) is 8.51. The molecule has 1 aliphatic heterocycles. The number of rotatable bonds is 4. The molecule has 2 unspecified atom stereocenters. The zero-order valence-electron chi connectivity index (χ0n) is 14.6. The van der Waals surface area contributed by atoms with Crippen LogP contribution in [0.3, 0.4) is 0 Å². The minimum absolute atomic E-state index is 0.102. The zero-order valence-corrected chi connectivity index (χ0v) is 14.6. The van der Waals surface area contributed by atoms with Crippen LogP contribution < -0.4 is 4.74 Å². The molecule has 0 N–H and O–H groups in total. The number of benzene rings is 2. The minimum atomic E-state index is -3.71. The summed E-state index contributed by atoms with van der Waals surface area (Å²) in [4.78, 5) is 0. The van der Waals surface area contributed by atoms with Gasteiger partial charge >= 0.3 is 6.11 Å². The van der Waals surface area contributed by atoms with Crippen molar-refractivity contribution >= 4 is 0 Å². The number of halogens is 4. The maximum Gasteiger partial charge on any atom is 0.426 e. The van der Waals surface area contributed by atoms with E-state index >= 15 is 0 Å². The SMILES string of the molecule is Cc1c(F)cc(OC(F)(F)c2ccc(C3CCC(C)CO3)cc2)cc1F. The fourth-order valence-electron chi connectivity index (χ4n) is 2.93. The molecule has 6 heteroatoms. The van der Waals surface area contributed by atoms with E-state index in [1.807, 2.05) is 0 Å². The Kier molecular flexibility index (Phi) is 5.23. The van der Waals surface area contributed by atoms with Gasteiger partial charge in [0.15, 0.2) is 0 Å². The standard InChI is InChI=1S/C20H20F4O2/c1-12-3-8-19(25-11-12)14-4-6-15(7-5-14)20(23,24)26-16-9-17(21)13(2)18(22)10-16/h4-7,9-10,12,19H,3,8,11H2,1-2H3. The van der Waals surface area contributed by atoms with Gasteiger partial charge in [-0.2, -0.15) is 8.78 Å². The summed E-state index contributed by atoms with van der Waals surface area (Å²) in [6, 6.07) is 7.14. The van der Waals surface area contributed by atoms with Crippen LogP contribution in [0.4, 0.5) is 17.6 Å².